The highest BCUT2D eigenvalue weighted by Gasteiger charge is 2.46. The van der Waals surface area contributed by atoms with Gasteiger partial charge in [-0.05, 0) is 19.8 Å². The van der Waals surface area contributed by atoms with Gasteiger partial charge in [0, 0.05) is 7.05 Å². The molecule has 1 saturated carbocycles. The Bertz CT molecular complexity index is 382. The van der Waals surface area contributed by atoms with E-state index in [1.165, 1.54) is 0 Å². The molecule has 1 aromatic heterocycles. The third-order valence-electron chi connectivity index (χ3n) is 2.72. The molecular formula is C9H15N5O. The SMILES string of the molecule is CC(NC(=O)C1(N)CC1)c1nncn1C. The van der Waals surface area contributed by atoms with Crippen molar-refractivity contribution in [1.82, 2.24) is 20.1 Å². The zero-order valence-corrected chi connectivity index (χ0v) is 8.90. The van der Waals surface area contributed by atoms with Crippen LogP contribution in [0.25, 0.3) is 0 Å². The summed E-state index contributed by atoms with van der Waals surface area (Å²) in [5, 5.41) is 10.5. The summed E-state index contributed by atoms with van der Waals surface area (Å²) in [6.07, 6.45) is 3.14. The molecule has 6 heteroatoms. The number of nitrogens with one attached hydrogen (secondary N) is 1. The topological polar surface area (TPSA) is 85.8 Å². The first-order chi connectivity index (χ1) is 7.03. The average molecular weight is 209 g/mol. The van der Waals surface area contributed by atoms with Gasteiger partial charge in [0.1, 0.15) is 6.33 Å². The van der Waals surface area contributed by atoms with Gasteiger partial charge >= 0.3 is 0 Å². The zero-order valence-electron chi connectivity index (χ0n) is 8.90. The minimum absolute atomic E-state index is 0.0991. The summed E-state index contributed by atoms with van der Waals surface area (Å²) in [6.45, 7) is 1.87. The van der Waals surface area contributed by atoms with E-state index in [0.717, 1.165) is 18.7 Å². The molecule has 1 heterocycles. The highest BCUT2D eigenvalue weighted by molar-refractivity contribution is 5.89. The lowest BCUT2D eigenvalue weighted by Gasteiger charge is -2.15. The Morgan fingerprint density at radius 2 is 2.40 bits per heavy atom. The number of nitrogens with two attached hydrogens (primary N) is 1. The van der Waals surface area contributed by atoms with Gasteiger partial charge in [0.15, 0.2) is 5.82 Å². The second-order valence-electron chi connectivity index (χ2n) is 4.15. The molecule has 2 rings (SSSR count). The molecule has 82 valence electrons. The normalized spacial score (nSPS) is 19.7. The largest absolute Gasteiger partial charge is 0.345 e. The van der Waals surface area contributed by atoms with Gasteiger partial charge in [-0.15, -0.1) is 10.2 Å². The van der Waals surface area contributed by atoms with Crippen LogP contribution in [0.3, 0.4) is 0 Å². The van der Waals surface area contributed by atoms with Crippen molar-refractivity contribution in [3.63, 3.8) is 0 Å². The van der Waals surface area contributed by atoms with E-state index in [9.17, 15) is 4.79 Å². The van der Waals surface area contributed by atoms with Crippen LogP contribution in [-0.4, -0.2) is 26.2 Å². The van der Waals surface area contributed by atoms with E-state index in [2.05, 4.69) is 15.5 Å². The number of rotatable bonds is 3. The van der Waals surface area contributed by atoms with Crippen LogP contribution in [0.4, 0.5) is 0 Å². The molecule has 1 amide bonds. The van der Waals surface area contributed by atoms with Crippen molar-refractivity contribution < 1.29 is 4.79 Å². The molecule has 0 spiro atoms. The van der Waals surface area contributed by atoms with Gasteiger partial charge in [-0.2, -0.15) is 0 Å². The summed E-state index contributed by atoms with van der Waals surface area (Å²) in [5.41, 5.74) is 5.14. The number of carbonyl (C=O) groups is 1. The van der Waals surface area contributed by atoms with Crippen molar-refractivity contribution in [2.45, 2.75) is 31.3 Å². The monoisotopic (exact) mass is 209 g/mol. The first-order valence-corrected chi connectivity index (χ1v) is 4.97. The van der Waals surface area contributed by atoms with E-state index < -0.39 is 5.54 Å². The average Bonchev–Trinajstić information content (AvgIpc) is 2.77. The summed E-state index contributed by atoms with van der Waals surface area (Å²) in [4.78, 5) is 11.7. The summed E-state index contributed by atoms with van der Waals surface area (Å²) in [6, 6.07) is -0.161. The highest BCUT2D eigenvalue weighted by Crippen LogP contribution is 2.32. The maximum atomic E-state index is 11.7. The maximum Gasteiger partial charge on any atom is 0.240 e. The molecule has 15 heavy (non-hydrogen) atoms. The van der Waals surface area contributed by atoms with Crippen LogP contribution in [0.2, 0.25) is 0 Å². The van der Waals surface area contributed by atoms with Crippen molar-refractivity contribution in [2.75, 3.05) is 0 Å². The van der Waals surface area contributed by atoms with Crippen LogP contribution in [0.1, 0.15) is 31.6 Å². The Hall–Kier alpha value is -1.43. The lowest BCUT2D eigenvalue weighted by Crippen LogP contribution is -2.44. The molecule has 0 saturated heterocycles. The quantitative estimate of drug-likeness (QED) is 0.701. The van der Waals surface area contributed by atoms with Crippen LogP contribution < -0.4 is 11.1 Å². The Balaban J connectivity index is 2.01. The molecule has 1 aliphatic carbocycles. The van der Waals surface area contributed by atoms with E-state index in [-0.39, 0.29) is 11.9 Å². The predicted octanol–water partition coefficient (Wildman–Crippen LogP) is -0.516. The Morgan fingerprint density at radius 3 is 2.87 bits per heavy atom. The Labute approximate surface area is 87.9 Å². The first-order valence-electron chi connectivity index (χ1n) is 4.97. The molecule has 0 aliphatic heterocycles. The summed E-state index contributed by atoms with van der Waals surface area (Å²) in [5.74, 6) is 0.630. The van der Waals surface area contributed by atoms with E-state index >= 15 is 0 Å². The lowest BCUT2D eigenvalue weighted by atomic mass is 10.2. The molecule has 6 nitrogen and oxygen atoms in total. The molecule has 0 bridgehead atoms. The molecule has 1 fully saturated rings. The van der Waals surface area contributed by atoms with Crippen LogP contribution >= 0.6 is 0 Å². The molecule has 1 aromatic rings. The minimum Gasteiger partial charge on any atom is -0.345 e. The number of hydrogen-bond donors (Lipinski definition) is 2. The molecule has 0 radical (unpaired) electrons. The van der Waals surface area contributed by atoms with Crippen LogP contribution in [0, 0.1) is 0 Å². The number of amides is 1. The van der Waals surface area contributed by atoms with Crippen LogP contribution in [0.15, 0.2) is 6.33 Å². The molecular weight excluding hydrogens is 194 g/mol. The standard InChI is InChI=1S/C9H15N5O/c1-6(7-13-11-5-14(7)2)12-8(15)9(10)3-4-9/h5-6H,3-4,10H2,1-2H3,(H,12,15). The number of aryl methyl sites for hydroxylation is 1. The molecule has 0 aromatic carbocycles. The van der Waals surface area contributed by atoms with E-state index in [1.54, 1.807) is 10.9 Å². The number of carbonyl (C=O) groups excluding carboxylic acids is 1. The third-order valence-corrected chi connectivity index (χ3v) is 2.72. The van der Waals surface area contributed by atoms with Gasteiger partial charge in [-0.1, -0.05) is 0 Å². The lowest BCUT2D eigenvalue weighted by molar-refractivity contribution is -0.124. The van der Waals surface area contributed by atoms with Crippen molar-refractivity contribution in [3.8, 4) is 0 Å². The first kappa shape index (κ1) is 10.1. The second-order valence-corrected chi connectivity index (χ2v) is 4.15. The number of nitrogens with zero attached hydrogens (tertiary/aromatic N) is 3. The van der Waals surface area contributed by atoms with Gasteiger partial charge in [-0.25, -0.2) is 0 Å². The van der Waals surface area contributed by atoms with Crippen LogP contribution in [-0.2, 0) is 11.8 Å². The highest BCUT2D eigenvalue weighted by atomic mass is 16.2. The van der Waals surface area contributed by atoms with Gasteiger partial charge in [0.05, 0.1) is 11.6 Å². The Kier molecular flexibility index (Phi) is 2.22. The van der Waals surface area contributed by atoms with Crippen molar-refractivity contribution in [2.24, 2.45) is 12.8 Å². The predicted molar refractivity (Wildman–Crippen MR) is 53.7 cm³/mol. The minimum atomic E-state index is -0.632. The third kappa shape index (κ3) is 1.85. The van der Waals surface area contributed by atoms with Gasteiger partial charge < -0.3 is 15.6 Å². The fourth-order valence-corrected chi connectivity index (χ4v) is 1.45. The maximum absolute atomic E-state index is 11.7. The van der Waals surface area contributed by atoms with Crippen LogP contribution in [0.5, 0.6) is 0 Å². The van der Waals surface area contributed by atoms with E-state index in [4.69, 9.17) is 5.73 Å². The molecule has 1 aliphatic rings. The molecule has 1 atom stereocenters. The smallest absolute Gasteiger partial charge is 0.240 e. The zero-order chi connectivity index (χ0) is 11.1. The van der Waals surface area contributed by atoms with E-state index in [0.29, 0.717) is 0 Å². The Morgan fingerprint density at radius 1 is 1.73 bits per heavy atom. The van der Waals surface area contributed by atoms with E-state index in [1.807, 2.05) is 14.0 Å². The summed E-state index contributed by atoms with van der Waals surface area (Å²) in [7, 11) is 1.84. The number of hydrogen-bond acceptors (Lipinski definition) is 4. The van der Waals surface area contributed by atoms with Gasteiger partial charge in [0.2, 0.25) is 5.91 Å². The van der Waals surface area contributed by atoms with Crippen molar-refractivity contribution >= 4 is 5.91 Å². The van der Waals surface area contributed by atoms with Gasteiger partial charge in [-0.3, -0.25) is 4.79 Å². The fraction of sp³-hybridized carbons (Fsp3) is 0.667. The summed E-state index contributed by atoms with van der Waals surface area (Å²) < 4.78 is 1.78. The summed E-state index contributed by atoms with van der Waals surface area (Å²) >= 11 is 0. The van der Waals surface area contributed by atoms with Crippen molar-refractivity contribution in [1.29, 1.82) is 0 Å². The van der Waals surface area contributed by atoms with Crippen molar-refractivity contribution in [3.05, 3.63) is 12.2 Å². The molecule has 3 N–H and O–H groups in total. The second kappa shape index (κ2) is 3.30. The van der Waals surface area contributed by atoms with Gasteiger partial charge in [0.25, 0.3) is 0 Å². The molecule has 1 unspecified atom stereocenters. The number of aromatic nitrogens is 3. The fourth-order valence-electron chi connectivity index (χ4n) is 1.45.